The number of nitrogens with one attached hydrogen (secondary N) is 1. The molecule has 0 aliphatic carbocycles. The van der Waals surface area contributed by atoms with E-state index in [-0.39, 0.29) is 5.41 Å². The summed E-state index contributed by atoms with van der Waals surface area (Å²) in [6, 6.07) is 12.1. The van der Waals surface area contributed by atoms with Crippen molar-refractivity contribution in [1.82, 2.24) is 14.6 Å². The number of nitrogens with zero attached hydrogens (tertiary/aromatic N) is 5. The first-order chi connectivity index (χ1) is 11.4. The summed E-state index contributed by atoms with van der Waals surface area (Å²) in [4.78, 5) is 11.1. The van der Waals surface area contributed by atoms with E-state index in [9.17, 15) is 0 Å². The molecule has 2 aromatic heterocycles. The van der Waals surface area contributed by atoms with Gasteiger partial charge in [-0.15, -0.1) is 5.10 Å². The van der Waals surface area contributed by atoms with Crippen molar-refractivity contribution in [3.63, 3.8) is 0 Å². The van der Waals surface area contributed by atoms with E-state index < -0.39 is 0 Å². The van der Waals surface area contributed by atoms with Crippen LogP contribution in [0.2, 0.25) is 0 Å². The van der Waals surface area contributed by atoms with Crippen LogP contribution in [0, 0.1) is 0 Å². The molecule has 6 nitrogen and oxygen atoms in total. The van der Waals surface area contributed by atoms with Gasteiger partial charge in [-0.25, -0.2) is 0 Å². The lowest BCUT2D eigenvalue weighted by atomic mass is 9.87. The van der Waals surface area contributed by atoms with Crippen LogP contribution in [0.1, 0.15) is 19.4 Å². The summed E-state index contributed by atoms with van der Waals surface area (Å²) in [5.41, 5.74) is 3.99. The number of fused-ring (bicyclic) bond motifs is 2. The van der Waals surface area contributed by atoms with Gasteiger partial charge >= 0.3 is 0 Å². The number of pyridine rings is 1. The number of aromatic nitrogens is 3. The normalized spacial score (nSPS) is 14.8. The Morgan fingerprint density at radius 1 is 1.12 bits per heavy atom. The molecule has 1 aromatic carbocycles. The molecule has 1 N–H and O–H groups in total. The second kappa shape index (κ2) is 5.06. The molecule has 0 amide bonds. The first-order valence-electron chi connectivity index (χ1n) is 7.94. The van der Waals surface area contributed by atoms with E-state index in [0.29, 0.717) is 5.95 Å². The molecular weight excluding hydrogens is 300 g/mol. The van der Waals surface area contributed by atoms with Crippen LogP contribution >= 0.6 is 0 Å². The van der Waals surface area contributed by atoms with E-state index in [1.165, 1.54) is 5.56 Å². The predicted octanol–water partition coefficient (Wildman–Crippen LogP) is 3.53. The van der Waals surface area contributed by atoms with Crippen LogP contribution in [0.15, 0.2) is 41.4 Å². The first kappa shape index (κ1) is 14.7. The number of benzene rings is 1. The molecule has 1 aliphatic rings. The van der Waals surface area contributed by atoms with Crippen molar-refractivity contribution in [1.29, 1.82) is 0 Å². The highest BCUT2D eigenvalue weighted by molar-refractivity contribution is 5.85. The van der Waals surface area contributed by atoms with Gasteiger partial charge in [0.15, 0.2) is 5.65 Å². The summed E-state index contributed by atoms with van der Waals surface area (Å²) in [6.07, 6.45) is 1.99. The highest BCUT2D eigenvalue weighted by Gasteiger charge is 2.26. The van der Waals surface area contributed by atoms with Gasteiger partial charge in [0.2, 0.25) is 5.95 Å². The van der Waals surface area contributed by atoms with Gasteiger partial charge in [0.1, 0.15) is 5.82 Å². The van der Waals surface area contributed by atoms with Crippen LogP contribution < -0.4 is 10.2 Å². The van der Waals surface area contributed by atoms with Crippen LogP contribution in [-0.4, -0.2) is 34.9 Å². The Morgan fingerprint density at radius 3 is 2.75 bits per heavy atom. The van der Waals surface area contributed by atoms with Crippen LogP contribution in [0.4, 0.5) is 23.1 Å². The van der Waals surface area contributed by atoms with Crippen molar-refractivity contribution in [3.05, 3.63) is 42.0 Å². The Kier molecular flexibility index (Phi) is 3.09. The number of hydrogen-bond donors (Lipinski definition) is 1. The van der Waals surface area contributed by atoms with E-state index in [1.807, 2.05) is 60.1 Å². The van der Waals surface area contributed by atoms with Crippen molar-refractivity contribution < 1.29 is 0 Å². The van der Waals surface area contributed by atoms with E-state index in [4.69, 9.17) is 0 Å². The maximum Gasteiger partial charge on any atom is 0.247 e. The molecule has 24 heavy (non-hydrogen) atoms. The minimum absolute atomic E-state index is 0.00415. The highest BCUT2D eigenvalue weighted by atomic mass is 15.4. The third kappa shape index (κ3) is 2.31. The van der Waals surface area contributed by atoms with Crippen molar-refractivity contribution in [2.75, 3.05) is 24.3 Å². The Bertz CT molecular complexity index is 951. The van der Waals surface area contributed by atoms with E-state index >= 15 is 0 Å². The molecule has 0 radical (unpaired) electrons. The predicted molar refractivity (Wildman–Crippen MR) is 98.2 cm³/mol. The van der Waals surface area contributed by atoms with Crippen molar-refractivity contribution >= 4 is 35.0 Å². The fourth-order valence-corrected chi connectivity index (χ4v) is 2.97. The zero-order chi connectivity index (χ0) is 16.9. The van der Waals surface area contributed by atoms with Gasteiger partial charge in [0.25, 0.3) is 0 Å². The number of anilines is 3. The fraction of sp³-hybridized carbons (Fsp3) is 0.278. The summed E-state index contributed by atoms with van der Waals surface area (Å²) in [5.74, 6) is 1.55. The molecule has 0 saturated carbocycles. The summed E-state index contributed by atoms with van der Waals surface area (Å²) < 4.78 is 1.83. The molecule has 0 fully saturated rings. The van der Waals surface area contributed by atoms with Gasteiger partial charge in [-0.2, -0.15) is 9.50 Å². The van der Waals surface area contributed by atoms with E-state index in [2.05, 4.69) is 40.3 Å². The topological polar surface area (TPSA) is 57.8 Å². The molecule has 3 heterocycles. The third-order valence-electron chi connectivity index (χ3n) is 4.27. The smallest absolute Gasteiger partial charge is 0.247 e. The quantitative estimate of drug-likeness (QED) is 0.802. The Labute approximate surface area is 140 Å². The van der Waals surface area contributed by atoms with E-state index in [1.54, 1.807) is 0 Å². The van der Waals surface area contributed by atoms with Crippen molar-refractivity contribution in [2.45, 2.75) is 19.3 Å². The maximum atomic E-state index is 4.57. The van der Waals surface area contributed by atoms with Gasteiger partial charge in [-0.1, -0.05) is 26.0 Å². The Morgan fingerprint density at radius 2 is 1.96 bits per heavy atom. The number of rotatable bonds is 3. The van der Waals surface area contributed by atoms with Gasteiger partial charge in [0.05, 0.1) is 5.69 Å². The van der Waals surface area contributed by atoms with Gasteiger partial charge in [0, 0.05) is 31.4 Å². The fourth-order valence-electron chi connectivity index (χ4n) is 2.97. The number of aliphatic imine (C=N–C) groups is 1. The molecule has 0 atom stereocenters. The summed E-state index contributed by atoms with van der Waals surface area (Å²) in [7, 11) is 3.98. The second-order valence-electron chi connectivity index (χ2n) is 6.82. The van der Waals surface area contributed by atoms with Crippen molar-refractivity contribution in [3.8, 4) is 0 Å². The summed E-state index contributed by atoms with van der Waals surface area (Å²) >= 11 is 0. The monoisotopic (exact) mass is 320 g/mol. The molecule has 1 aliphatic heterocycles. The highest BCUT2D eigenvalue weighted by Crippen LogP contribution is 2.38. The van der Waals surface area contributed by atoms with Gasteiger partial charge in [-0.3, -0.25) is 4.99 Å². The van der Waals surface area contributed by atoms with Crippen LogP contribution in [0.5, 0.6) is 0 Å². The van der Waals surface area contributed by atoms with Gasteiger partial charge < -0.3 is 10.2 Å². The summed E-state index contributed by atoms with van der Waals surface area (Å²) in [6.45, 7) is 4.34. The molecule has 0 saturated heterocycles. The Balaban J connectivity index is 1.68. The van der Waals surface area contributed by atoms with Crippen molar-refractivity contribution in [2.24, 2.45) is 4.99 Å². The van der Waals surface area contributed by atoms with Crippen LogP contribution in [-0.2, 0) is 5.41 Å². The average molecular weight is 320 g/mol. The molecule has 3 aromatic rings. The molecule has 0 spiro atoms. The third-order valence-corrected chi connectivity index (χ3v) is 4.27. The zero-order valence-corrected chi connectivity index (χ0v) is 14.3. The lowest BCUT2D eigenvalue weighted by Crippen LogP contribution is -2.14. The standard InChI is InChI=1S/C18H20N6/c1-18(2)11-19-14-10-12(8-9-13(14)18)20-17-21-15-6-5-7-16(23(3)4)24(15)22-17/h5-11H,1-4H3,(H,20,22). The largest absolute Gasteiger partial charge is 0.363 e. The molecular formula is C18H20N6. The zero-order valence-electron chi connectivity index (χ0n) is 14.3. The summed E-state index contributed by atoms with van der Waals surface area (Å²) in [5, 5.41) is 7.85. The van der Waals surface area contributed by atoms with E-state index in [0.717, 1.165) is 22.8 Å². The molecule has 0 unspecified atom stereocenters. The lowest BCUT2D eigenvalue weighted by Gasteiger charge is -2.15. The minimum atomic E-state index is -0.00415. The van der Waals surface area contributed by atoms with Crippen LogP contribution in [0.25, 0.3) is 5.65 Å². The van der Waals surface area contributed by atoms with Gasteiger partial charge in [-0.05, 0) is 29.8 Å². The lowest BCUT2D eigenvalue weighted by molar-refractivity contribution is 0.753. The Hall–Kier alpha value is -2.89. The molecule has 6 heteroatoms. The molecule has 0 bridgehead atoms. The SMILES string of the molecule is CN(C)c1cccc2nc(Nc3ccc4c(c3)N=CC4(C)C)nn12. The minimum Gasteiger partial charge on any atom is -0.363 e. The maximum absolute atomic E-state index is 4.57. The average Bonchev–Trinajstić information content (AvgIpc) is 3.07. The molecule has 4 rings (SSSR count). The number of hydrogen-bond acceptors (Lipinski definition) is 5. The first-order valence-corrected chi connectivity index (χ1v) is 7.94. The molecule has 122 valence electrons. The second-order valence-corrected chi connectivity index (χ2v) is 6.82. The van der Waals surface area contributed by atoms with Crippen LogP contribution in [0.3, 0.4) is 0 Å².